The molecule has 23 heavy (non-hydrogen) atoms. The van der Waals surface area contributed by atoms with Gasteiger partial charge < -0.3 is 15.0 Å². The number of nitrogens with zero attached hydrogens (tertiary/aromatic N) is 3. The van der Waals surface area contributed by atoms with Gasteiger partial charge in [0.15, 0.2) is 5.96 Å². The van der Waals surface area contributed by atoms with Crippen LogP contribution in [0.2, 0.25) is 0 Å². The van der Waals surface area contributed by atoms with Gasteiger partial charge in [-0.1, -0.05) is 6.92 Å². The first-order valence-corrected chi connectivity index (χ1v) is 10.3. The zero-order chi connectivity index (χ0) is 16.1. The molecule has 3 aliphatic heterocycles. The van der Waals surface area contributed by atoms with E-state index in [9.17, 15) is 0 Å². The van der Waals surface area contributed by atoms with Crippen LogP contribution in [0.15, 0.2) is 4.99 Å². The van der Waals surface area contributed by atoms with E-state index in [4.69, 9.17) is 4.74 Å². The average molecular weight is 341 g/mol. The molecule has 0 bridgehead atoms. The van der Waals surface area contributed by atoms with E-state index in [1.807, 2.05) is 7.05 Å². The first-order chi connectivity index (χ1) is 11.2. The van der Waals surface area contributed by atoms with Crippen LogP contribution in [0.25, 0.3) is 0 Å². The van der Waals surface area contributed by atoms with Gasteiger partial charge in [0.25, 0.3) is 0 Å². The maximum Gasteiger partial charge on any atom is 0.193 e. The average Bonchev–Trinajstić information content (AvgIpc) is 3.06. The third kappa shape index (κ3) is 4.15. The number of likely N-dealkylation sites (tertiary alicyclic amines) is 1. The summed E-state index contributed by atoms with van der Waals surface area (Å²) in [5, 5.41) is 3.72. The molecule has 3 rings (SSSR count). The summed E-state index contributed by atoms with van der Waals surface area (Å²) >= 11 is 2.09. The predicted molar refractivity (Wildman–Crippen MR) is 98.4 cm³/mol. The highest BCUT2D eigenvalue weighted by Gasteiger charge is 2.41. The van der Waals surface area contributed by atoms with Crippen molar-refractivity contribution in [3.05, 3.63) is 0 Å². The van der Waals surface area contributed by atoms with Crippen molar-refractivity contribution < 1.29 is 4.74 Å². The van der Waals surface area contributed by atoms with Crippen LogP contribution in [0.3, 0.4) is 0 Å². The van der Waals surface area contributed by atoms with Gasteiger partial charge in [0.2, 0.25) is 0 Å². The van der Waals surface area contributed by atoms with Gasteiger partial charge in [-0.2, -0.15) is 11.8 Å². The van der Waals surface area contributed by atoms with Gasteiger partial charge in [-0.25, -0.2) is 0 Å². The summed E-state index contributed by atoms with van der Waals surface area (Å²) in [6.07, 6.45) is 3.91. The third-order valence-corrected chi connectivity index (χ3v) is 6.74. The first-order valence-electron chi connectivity index (χ1n) is 9.10. The molecule has 1 N–H and O–H groups in total. The molecule has 0 aromatic carbocycles. The molecule has 6 heteroatoms. The Labute approximate surface area is 145 Å². The molecule has 2 unspecified atom stereocenters. The lowest BCUT2D eigenvalue weighted by Crippen LogP contribution is -2.60. The minimum absolute atomic E-state index is 0.284. The Hall–Kier alpha value is -0.460. The molecule has 0 aromatic heterocycles. The van der Waals surface area contributed by atoms with E-state index in [1.54, 1.807) is 0 Å². The molecule has 0 spiro atoms. The predicted octanol–water partition coefficient (Wildman–Crippen LogP) is 1.50. The molecule has 132 valence electrons. The van der Waals surface area contributed by atoms with Crippen LogP contribution in [-0.4, -0.2) is 85.8 Å². The van der Waals surface area contributed by atoms with Gasteiger partial charge in [0, 0.05) is 51.1 Å². The lowest BCUT2D eigenvalue weighted by Gasteiger charge is -2.44. The molecular formula is C17H32N4OS. The first kappa shape index (κ1) is 17.4. The Morgan fingerprint density at radius 3 is 2.83 bits per heavy atom. The molecule has 3 fully saturated rings. The van der Waals surface area contributed by atoms with Gasteiger partial charge in [-0.15, -0.1) is 0 Å². The summed E-state index contributed by atoms with van der Waals surface area (Å²) in [5.74, 6) is 4.38. The lowest BCUT2D eigenvalue weighted by atomic mass is 9.95. The smallest absolute Gasteiger partial charge is 0.193 e. The highest BCUT2D eigenvalue weighted by atomic mass is 32.2. The number of aliphatic imine (C=N–C) groups is 1. The van der Waals surface area contributed by atoms with Crippen LogP contribution in [0.4, 0.5) is 0 Å². The maximum absolute atomic E-state index is 5.56. The molecule has 2 atom stereocenters. The standard InChI is InChI=1S/C17H32N4OS/c1-15-4-3-6-20(12-15)16(18-2)19-13-17(5-11-23-14-17)21-7-9-22-10-8-21/h15H,3-14H2,1-2H3,(H,18,19). The molecule has 3 saturated heterocycles. The molecule has 0 amide bonds. The van der Waals surface area contributed by atoms with E-state index < -0.39 is 0 Å². The monoisotopic (exact) mass is 340 g/mol. The molecule has 3 aliphatic rings. The molecule has 0 radical (unpaired) electrons. The Balaban J connectivity index is 1.61. The highest BCUT2D eigenvalue weighted by molar-refractivity contribution is 7.99. The third-order valence-electron chi connectivity index (χ3n) is 5.51. The van der Waals surface area contributed by atoms with Gasteiger partial charge in [0.05, 0.1) is 13.2 Å². The molecule has 5 nitrogen and oxygen atoms in total. The Kier molecular flexibility index (Phi) is 6.10. The van der Waals surface area contributed by atoms with E-state index in [1.165, 1.54) is 30.8 Å². The summed E-state index contributed by atoms with van der Waals surface area (Å²) in [5.41, 5.74) is 0.284. The van der Waals surface area contributed by atoms with Gasteiger partial charge in [-0.05, 0) is 30.9 Å². The zero-order valence-electron chi connectivity index (χ0n) is 14.7. The summed E-state index contributed by atoms with van der Waals surface area (Å²) in [6, 6.07) is 0. The van der Waals surface area contributed by atoms with Crippen molar-refractivity contribution >= 4 is 17.7 Å². The minimum Gasteiger partial charge on any atom is -0.379 e. The lowest BCUT2D eigenvalue weighted by molar-refractivity contribution is -0.0122. The van der Waals surface area contributed by atoms with Gasteiger partial charge >= 0.3 is 0 Å². The number of piperidine rings is 1. The number of ether oxygens (including phenoxy) is 1. The fourth-order valence-corrected chi connectivity index (χ4v) is 5.57. The maximum atomic E-state index is 5.56. The van der Waals surface area contributed by atoms with Crippen LogP contribution < -0.4 is 5.32 Å². The Morgan fingerprint density at radius 1 is 1.35 bits per heavy atom. The minimum atomic E-state index is 0.284. The second kappa shape index (κ2) is 8.08. The summed E-state index contributed by atoms with van der Waals surface area (Å²) in [6.45, 7) is 9.54. The number of morpholine rings is 1. The Morgan fingerprint density at radius 2 is 2.17 bits per heavy atom. The zero-order valence-corrected chi connectivity index (χ0v) is 15.5. The fraction of sp³-hybridized carbons (Fsp3) is 0.941. The van der Waals surface area contributed by atoms with Crippen LogP contribution in [-0.2, 0) is 4.74 Å². The number of hydrogen-bond acceptors (Lipinski definition) is 4. The normalized spacial score (nSPS) is 33.9. The van der Waals surface area contributed by atoms with Gasteiger partial charge in [0.1, 0.15) is 0 Å². The van der Waals surface area contributed by atoms with Crippen molar-refractivity contribution in [2.45, 2.75) is 31.7 Å². The quantitative estimate of drug-likeness (QED) is 0.623. The second-order valence-corrected chi connectivity index (χ2v) is 8.33. The largest absolute Gasteiger partial charge is 0.379 e. The topological polar surface area (TPSA) is 40.1 Å². The van der Waals surface area contributed by atoms with E-state index >= 15 is 0 Å². The molecule has 0 aromatic rings. The highest BCUT2D eigenvalue weighted by Crippen LogP contribution is 2.33. The van der Waals surface area contributed by atoms with Crippen molar-refractivity contribution in [3.63, 3.8) is 0 Å². The molecule has 3 heterocycles. The van der Waals surface area contributed by atoms with Crippen LogP contribution in [0.5, 0.6) is 0 Å². The van der Waals surface area contributed by atoms with Crippen molar-refractivity contribution in [2.24, 2.45) is 10.9 Å². The SMILES string of the molecule is CN=C(NCC1(N2CCOCC2)CCSC1)N1CCCC(C)C1. The van der Waals surface area contributed by atoms with Crippen molar-refractivity contribution in [2.75, 3.05) is 64.5 Å². The number of guanidine groups is 1. The van der Waals surface area contributed by atoms with Gasteiger partial charge in [-0.3, -0.25) is 9.89 Å². The molecule has 0 saturated carbocycles. The number of hydrogen-bond donors (Lipinski definition) is 1. The van der Waals surface area contributed by atoms with E-state index in [0.717, 1.165) is 57.8 Å². The fourth-order valence-electron chi connectivity index (χ4n) is 4.09. The van der Waals surface area contributed by atoms with E-state index in [0.29, 0.717) is 0 Å². The number of thioether (sulfide) groups is 1. The van der Waals surface area contributed by atoms with Crippen molar-refractivity contribution in [3.8, 4) is 0 Å². The van der Waals surface area contributed by atoms with E-state index in [2.05, 4.69) is 38.8 Å². The number of rotatable bonds is 3. The van der Waals surface area contributed by atoms with E-state index in [-0.39, 0.29) is 5.54 Å². The summed E-state index contributed by atoms with van der Waals surface area (Å²) in [4.78, 5) is 9.67. The van der Waals surface area contributed by atoms with Crippen LogP contribution in [0, 0.1) is 5.92 Å². The molecular weight excluding hydrogens is 308 g/mol. The summed E-state index contributed by atoms with van der Waals surface area (Å²) < 4.78 is 5.56. The van der Waals surface area contributed by atoms with Crippen molar-refractivity contribution in [1.82, 2.24) is 15.1 Å². The van der Waals surface area contributed by atoms with Crippen molar-refractivity contribution in [1.29, 1.82) is 0 Å². The number of nitrogens with one attached hydrogen (secondary N) is 1. The summed E-state index contributed by atoms with van der Waals surface area (Å²) in [7, 11) is 1.92. The Bertz CT molecular complexity index is 405. The molecule has 0 aliphatic carbocycles. The van der Waals surface area contributed by atoms with Crippen LogP contribution >= 0.6 is 11.8 Å². The van der Waals surface area contributed by atoms with Crippen LogP contribution in [0.1, 0.15) is 26.2 Å². The second-order valence-electron chi connectivity index (χ2n) is 7.22.